The summed E-state index contributed by atoms with van der Waals surface area (Å²) >= 11 is 0. The summed E-state index contributed by atoms with van der Waals surface area (Å²) in [5.41, 5.74) is 2.14. The zero-order chi connectivity index (χ0) is 13.6. The summed E-state index contributed by atoms with van der Waals surface area (Å²) in [6, 6.07) is 5.15. The van der Waals surface area contributed by atoms with E-state index < -0.39 is 5.97 Å². The molecule has 2 aromatic rings. The molecule has 0 amide bonds. The Bertz CT molecular complexity index is 641. The molecule has 0 saturated heterocycles. The minimum Gasteiger partial charge on any atom is -0.478 e. The van der Waals surface area contributed by atoms with Gasteiger partial charge in [-0.25, -0.2) is 9.78 Å². The smallest absolute Gasteiger partial charge is 0.335 e. The van der Waals surface area contributed by atoms with Gasteiger partial charge in [0.15, 0.2) is 0 Å². The molecule has 1 aromatic carbocycles. The SMILES string of the molecule is Cc1nc2ccc(C(=O)O)cc2n1CC(C)C1CC1. The van der Waals surface area contributed by atoms with Crippen LogP contribution in [-0.4, -0.2) is 20.6 Å². The van der Waals surface area contributed by atoms with Crippen molar-refractivity contribution >= 4 is 17.0 Å². The molecule has 100 valence electrons. The third-order valence-corrected chi connectivity index (χ3v) is 4.08. The predicted octanol–water partition coefficient (Wildman–Crippen LogP) is 3.09. The number of imidazole rings is 1. The highest BCUT2D eigenvalue weighted by molar-refractivity contribution is 5.92. The van der Waals surface area contributed by atoms with Crippen LogP contribution in [0.25, 0.3) is 11.0 Å². The number of hydrogen-bond acceptors (Lipinski definition) is 2. The fraction of sp³-hybridized carbons (Fsp3) is 0.467. The molecule has 0 spiro atoms. The summed E-state index contributed by atoms with van der Waals surface area (Å²) in [6.45, 7) is 5.18. The number of benzene rings is 1. The van der Waals surface area contributed by atoms with Crippen LogP contribution in [-0.2, 0) is 6.54 Å². The van der Waals surface area contributed by atoms with Crippen molar-refractivity contribution in [2.75, 3.05) is 0 Å². The predicted molar refractivity (Wildman–Crippen MR) is 73.3 cm³/mol. The zero-order valence-electron chi connectivity index (χ0n) is 11.3. The van der Waals surface area contributed by atoms with Crippen LogP contribution < -0.4 is 0 Å². The van der Waals surface area contributed by atoms with Crippen molar-refractivity contribution in [3.8, 4) is 0 Å². The van der Waals surface area contributed by atoms with Gasteiger partial charge in [0, 0.05) is 6.54 Å². The van der Waals surface area contributed by atoms with Gasteiger partial charge in [-0.1, -0.05) is 6.92 Å². The summed E-state index contributed by atoms with van der Waals surface area (Å²) in [5.74, 6) is 1.54. The number of fused-ring (bicyclic) bond motifs is 1. The largest absolute Gasteiger partial charge is 0.478 e. The minimum atomic E-state index is -0.887. The van der Waals surface area contributed by atoms with Crippen LogP contribution in [0.3, 0.4) is 0 Å². The van der Waals surface area contributed by atoms with Gasteiger partial charge in [-0.3, -0.25) is 0 Å². The monoisotopic (exact) mass is 258 g/mol. The van der Waals surface area contributed by atoms with Gasteiger partial charge in [0.25, 0.3) is 0 Å². The summed E-state index contributed by atoms with van der Waals surface area (Å²) in [4.78, 5) is 15.6. The lowest BCUT2D eigenvalue weighted by atomic mass is 10.1. The van der Waals surface area contributed by atoms with Crippen molar-refractivity contribution in [1.82, 2.24) is 9.55 Å². The lowest BCUT2D eigenvalue weighted by Gasteiger charge is -2.13. The normalized spacial score (nSPS) is 16.7. The summed E-state index contributed by atoms with van der Waals surface area (Å²) < 4.78 is 2.16. The number of rotatable bonds is 4. The van der Waals surface area contributed by atoms with Crippen LogP contribution in [0, 0.1) is 18.8 Å². The number of carboxylic acid groups (broad SMARTS) is 1. The third-order valence-electron chi connectivity index (χ3n) is 4.08. The van der Waals surface area contributed by atoms with Crippen LogP contribution >= 0.6 is 0 Å². The van der Waals surface area contributed by atoms with Crippen LogP contribution in [0.15, 0.2) is 18.2 Å². The Hall–Kier alpha value is -1.84. The lowest BCUT2D eigenvalue weighted by molar-refractivity contribution is 0.0697. The topological polar surface area (TPSA) is 55.1 Å². The maximum atomic E-state index is 11.1. The highest BCUT2D eigenvalue weighted by Crippen LogP contribution is 2.37. The standard InChI is InChI=1S/C15H18N2O2/c1-9(11-3-4-11)8-17-10(2)16-13-6-5-12(15(18)19)7-14(13)17/h5-7,9,11H,3-4,8H2,1-2H3,(H,18,19). The second kappa shape index (κ2) is 4.37. The molecule has 0 aliphatic heterocycles. The number of carboxylic acids is 1. The lowest BCUT2D eigenvalue weighted by Crippen LogP contribution is -2.11. The Morgan fingerprint density at radius 1 is 1.53 bits per heavy atom. The summed E-state index contributed by atoms with van der Waals surface area (Å²) in [6.07, 6.45) is 2.65. The molecule has 1 aliphatic rings. The maximum absolute atomic E-state index is 11.1. The zero-order valence-corrected chi connectivity index (χ0v) is 11.3. The Kier molecular flexibility index (Phi) is 2.81. The molecule has 1 fully saturated rings. The van der Waals surface area contributed by atoms with E-state index >= 15 is 0 Å². The van der Waals surface area contributed by atoms with Gasteiger partial charge < -0.3 is 9.67 Å². The average Bonchev–Trinajstić information content (AvgIpc) is 3.16. The molecular formula is C15H18N2O2. The second-order valence-corrected chi connectivity index (χ2v) is 5.59. The Morgan fingerprint density at radius 2 is 2.26 bits per heavy atom. The van der Waals surface area contributed by atoms with E-state index in [0.29, 0.717) is 11.5 Å². The van der Waals surface area contributed by atoms with Crippen molar-refractivity contribution < 1.29 is 9.90 Å². The Labute approximate surface area is 112 Å². The third kappa shape index (κ3) is 2.23. The van der Waals surface area contributed by atoms with E-state index in [2.05, 4.69) is 16.5 Å². The van der Waals surface area contributed by atoms with E-state index in [4.69, 9.17) is 5.11 Å². The fourth-order valence-corrected chi connectivity index (χ4v) is 2.71. The van der Waals surface area contributed by atoms with Gasteiger partial charge >= 0.3 is 5.97 Å². The first-order valence-corrected chi connectivity index (χ1v) is 6.76. The molecule has 1 atom stereocenters. The number of aryl methyl sites for hydroxylation is 1. The molecule has 1 unspecified atom stereocenters. The first kappa shape index (κ1) is 12.2. The molecule has 1 aliphatic carbocycles. The number of aromatic carboxylic acids is 1. The van der Waals surface area contributed by atoms with Gasteiger partial charge in [0.2, 0.25) is 0 Å². The van der Waals surface area contributed by atoms with Crippen molar-refractivity contribution in [1.29, 1.82) is 0 Å². The Morgan fingerprint density at radius 3 is 2.89 bits per heavy atom. The molecule has 0 radical (unpaired) electrons. The fourth-order valence-electron chi connectivity index (χ4n) is 2.71. The van der Waals surface area contributed by atoms with Crippen molar-refractivity contribution in [2.45, 2.75) is 33.2 Å². The maximum Gasteiger partial charge on any atom is 0.335 e. The number of aromatic nitrogens is 2. The molecule has 0 bridgehead atoms. The number of nitrogens with zero attached hydrogens (tertiary/aromatic N) is 2. The molecular weight excluding hydrogens is 240 g/mol. The highest BCUT2D eigenvalue weighted by atomic mass is 16.4. The van der Waals surface area contributed by atoms with Crippen LogP contribution in [0.4, 0.5) is 0 Å². The molecule has 4 nitrogen and oxygen atoms in total. The van der Waals surface area contributed by atoms with E-state index in [1.165, 1.54) is 12.8 Å². The van der Waals surface area contributed by atoms with Crippen molar-refractivity contribution in [3.05, 3.63) is 29.6 Å². The molecule has 1 N–H and O–H groups in total. The Balaban J connectivity index is 2.02. The number of carbonyl (C=O) groups is 1. The van der Waals surface area contributed by atoms with E-state index in [9.17, 15) is 4.79 Å². The van der Waals surface area contributed by atoms with Crippen molar-refractivity contribution in [2.24, 2.45) is 11.8 Å². The molecule has 1 aromatic heterocycles. The first-order valence-electron chi connectivity index (χ1n) is 6.76. The average molecular weight is 258 g/mol. The van der Waals surface area contributed by atoms with Gasteiger partial charge in [0.1, 0.15) is 5.82 Å². The second-order valence-electron chi connectivity index (χ2n) is 5.59. The molecule has 1 saturated carbocycles. The van der Waals surface area contributed by atoms with Gasteiger partial charge in [-0.2, -0.15) is 0 Å². The number of hydrogen-bond donors (Lipinski definition) is 1. The van der Waals surface area contributed by atoms with E-state index in [0.717, 1.165) is 29.3 Å². The van der Waals surface area contributed by atoms with E-state index in [-0.39, 0.29) is 0 Å². The van der Waals surface area contributed by atoms with Crippen LogP contribution in [0.5, 0.6) is 0 Å². The summed E-state index contributed by atoms with van der Waals surface area (Å²) in [7, 11) is 0. The molecule has 1 heterocycles. The van der Waals surface area contributed by atoms with Gasteiger partial charge in [-0.05, 0) is 49.8 Å². The van der Waals surface area contributed by atoms with E-state index in [1.54, 1.807) is 18.2 Å². The van der Waals surface area contributed by atoms with E-state index in [1.807, 2.05) is 6.92 Å². The molecule has 4 heteroatoms. The minimum absolute atomic E-state index is 0.327. The quantitative estimate of drug-likeness (QED) is 0.916. The van der Waals surface area contributed by atoms with Crippen LogP contribution in [0.1, 0.15) is 35.9 Å². The van der Waals surface area contributed by atoms with Gasteiger partial charge in [-0.15, -0.1) is 0 Å². The first-order chi connectivity index (χ1) is 9.06. The highest BCUT2D eigenvalue weighted by Gasteiger charge is 2.28. The van der Waals surface area contributed by atoms with Crippen LogP contribution in [0.2, 0.25) is 0 Å². The van der Waals surface area contributed by atoms with Gasteiger partial charge in [0.05, 0.1) is 16.6 Å². The molecule has 3 rings (SSSR count). The summed E-state index contributed by atoms with van der Waals surface area (Å²) in [5, 5.41) is 9.09. The van der Waals surface area contributed by atoms with Crippen molar-refractivity contribution in [3.63, 3.8) is 0 Å². The molecule has 19 heavy (non-hydrogen) atoms.